The summed E-state index contributed by atoms with van der Waals surface area (Å²) in [6.07, 6.45) is 1.33. The highest BCUT2D eigenvalue weighted by atomic mass is 16.5. The van der Waals surface area contributed by atoms with Crippen molar-refractivity contribution < 1.29 is 14.3 Å². The van der Waals surface area contributed by atoms with Crippen molar-refractivity contribution in [2.24, 2.45) is 11.8 Å². The van der Waals surface area contributed by atoms with E-state index >= 15 is 0 Å². The molecule has 5 heteroatoms. The van der Waals surface area contributed by atoms with Crippen LogP contribution in [0.4, 0.5) is 0 Å². The fraction of sp³-hybridized carbons (Fsp3) is 0.600. The van der Waals surface area contributed by atoms with Crippen molar-refractivity contribution in [3.8, 4) is 0 Å². The number of amides is 2. The standard InChI is InChI=1S/C20H30N2O3/c1-15(2)13-18(20(24)22-9-11-25-12-10-22)21-19(23)16(3)14-17-7-5-4-6-8-17/h4-8,15-16,18H,9-14H2,1-3H3,(H,21,23)/t16?,18-/m0/s1. The first kappa shape index (κ1) is 19.4. The summed E-state index contributed by atoms with van der Waals surface area (Å²) in [5, 5.41) is 2.99. The van der Waals surface area contributed by atoms with E-state index in [1.54, 1.807) is 4.90 Å². The van der Waals surface area contributed by atoms with Gasteiger partial charge >= 0.3 is 0 Å². The molecule has 1 aliphatic rings. The van der Waals surface area contributed by atoms with E-state index < -0.39 is 6.04 Å². The molecule has 25 heavy (non-hydrogen) atoms. The number of nitrogens with zero attached hydrogens (tertiary/aromatic N) is 1. The summed E-state index contributed by atoms with van der Waals surface area (Å²) in [5.74, 6) is 0.114. The molecule has 1 aliphatic heterocycles. The van der Waals surface area contributed by atoms with Crippen LogP contribution < -0.4 is 5.32 Å². The van der Waals surface area contributed by atoms with Gasteiger partial charge in [-0.1, -0.05) is 51.1 Å². The Balaban J connectivity index is 1.97. The SMILES string of the molecule is CC(C)C[C@H](NC(=O)C(C)Cc1ccccc1)C(=O)N1CCOCC1. The molecule has 138 valence electrons. The Labute approximate surface area is 150 Å². The summed E-state index contributed by atoms with van der Waals surface area (Å²) in [5.41, 5.74) is 1.13. The van der Waals surface area contributed by atoms with E-state index in [1.807, 2.05) is 37.3 Å². The van der Waals surface area contributed by atoms with Gasteiger partial charge in [0.1, 0.15) is 6.04 Å². The molecule has 0 aliphatic carbocycles. The summed E-state index contributed by atoms with van der Waals surface area (Å²) in [4.78, 5) is 27.2. The highest BCUT2D eigenvalue weighted by Gasteiger charge is 2.29. The Kier molecular flexibility index (Phi) is 7.44. The van der Waals surface area contributed by atoms with Crippen LogP contribution in [-0.2, 0) is 20.7 Å². The van der Waals surface area contributed by atoms with E-state index in [9.17, 15) is 9.59 Å². The third-order valence-corrected chi connectivity index (χ3v) is 4.48. The second-order valence-corrected chi connectivity index (χ2v) is 7.22. The number of benzene rings is 1. The van der Waals surface area contributed by atoms with Crippen molar-refractivity contribution >= 4 is 11.8 Å². The van der Waals surface area contributed by atoms with Crippen molar-refractivity contribution in [2.45, 2.75) is 39.7 Å². The molecule has 1 N–H and O–H groups in total. The Morgan fingerprint density at radius 3 is 2.36 bits per heavy atom. The van der Waals surface area contributed by atoms with E-state index in [0.29, 0.717) is 45.1 Å². The van der Waals surface area contributed by atoms with Crippen LogP contribution in [0.2, 0.25) is 0 Å². The molecule has 1 unspecified atom stereocenters. The average Bonchev–Trinajstić information content (AvgIpc) is 2.61. The van der Waals surface area contributed by atoms with Gasteiger partial charge in [-0.3, -0.25) is 9.59 Å². The van der Waals surface area contributed by atoms with E-state index in [-0.39, 0.29) is 17.7 Å². The quantitative estimate of drug-likeness (QED) is 0.824. The van der Waals surface area contributed by atoms with E-state index in [0.717, 1.165) is 5.56 Å². The predicted octanol–water partition coefficient (Wildman–Crippen LogP) is 2.25. The first-order valence-corrected chi connectivity index (χ1v) is 9.18. The number of nitrogens with one attached hydrogen (secondary N) is 1. The molecular formula is C20H30N2O3. The summed E-state index contributed by atoms with van der Waals surface area (Å²) >= 11 is 0. The first-order chi connectivity index (χ1) is 12.0. The van der Waals surface area contributed by atoms with Gasteiger partial charge in [0.25, 0.3) is 0 Å². The van der Waals surface area contributed by atoms with Crippen LogP contribution in [0.5, 0.6) is 0 Å². The second-order valence-electron chi connectivity index (χ2n) is 7.22. The zero-order valence-electron chi connectivity index (χ0n) is 15.5. The Bertz CT molecular complexity index is 553. The Hall–Kier alpha value is -1.88. The van der Waals surface area contributed by atoms with Gasteiger partial charge in [-0.15, -0.1) is 0 Å². The maximum absolute atomic E-state index is 12.8. The van der Waals surface area contributed by atoms with Gasteiger partial charge in [0.05, 0.1) is 13.2 Å². The molecule has 1 saturated heterocycles. The molecule has 1 fully saturated rings. The minimum absolute atomic E-state index is 0.0114. The lowest BCUT2D eigenvalue weighted by atomic mass is 9.98. The molecule has 0 radical (unpaired) electrons. The minimum Gasteiger partial charge on any atom is -0.378 e. The van der Waals surface area contributed by atoms with Crippen molar-refractivity contribution in [1.29, 1.82) is 0 Å². The van der Waals surface area contributed by atoms with Crippen LogP contribution in [0.15, 0.2) is 30.3 Å². The molecule has 1 aromatic carbocycles. The molecule has 1 aromatic rings. The monoisotopic (exact) mass is 346 g/mol. The van der Waals surface area contributed by atoms with Crippen LogP contribution in [0.1, 0.15) is 32.8 Å². The van der Waals surface area contributed by atoms with E-state index in [2.05, 4.69) is 19.2 Å². The predicted molar refractivity (Wildman–Crippen MR) is 98.1 cm³/mol. The molecular weight excluding hydrogens is 316 g/mol. The van der Waals surface area contributed by atoms with Gasteiger partial charge in [0, 0.05) is 19.0 Å². The third kappa shape index (κ3) is 6.16. The number of rotatable bonds is 7. The number of carbonyl (C=O) groups excluding carboxylic acids is 2. The summed E-state index contributed by atoms with van der Waals surface area (Å²) in [7, 11) is 0. The largest absolute Gasteiger partial charge is 0.378 e. The van der Waals surface area contributed by atoms with Crippen LogP contribution in [0, 0.1) is 11.8 Å². The summed E-state index contributed by atoms with van der Waals surface area (Å²) in [6, 6.07) is 9.51. The molecule has 2 amide bonds. The van der Waals surface area contributed by atoms with Crippen LogP contribution in [-0.4, -0.2) is 49.1 Å². The van der Waals surface area contributed by atoms with Crippen molar-refractivity contribution in [1.82, 2.24) is 10.2 Å². The zero-order chi connectivity index (χ0) is 18.2. The molecule has 0 spiro atoms. The lowest BCUT2D eigenvalue weighted by Gasteiger charge is -2.31. The number of morpholine rings is 1. The van der Waals surface area contributed by atoms with Crippen molar-refractivity contribution in [2.75, 3.05) is 26.3 Å². The molecule has 1 heterocycles. The fourth-order valence-electron chi connectivity index (χ4n) is 3.07. The van der Waals surface area contributed by atoms with Crippen molar-refractivity contribution in [3.05, 3.63) is 35.9 Å². The number of ether oxygens (including phenoxy) is 1. The molecule has 0 aromatic heterocycles. The topological polar surface area (TPSA) is 58.6 Å². The average molecular weight is 346 g/mol. The van der Waals surface area contributed by atoms with Gasteiger partial charge in [-0.2, -0.15) is 0 Å². The molecule has 5 nitrogen and oxygen atoms in total. The Morgan fingerprint density at radius 1 is 1.12 bits per heavy atom. The summed E-state index contributed by atoms with van der Waals surface area (Å²) in [6.45, 7) is 8.38. The summed E-state index contributed by atoms with van der Waals surface area (Å²) < 4.78 is 5.32. The maximum Gasteiger partial charge on any atom is 0.245 e. The lowest BCUT2D eigenvalue weighted by molar-refractivity contribution is -0.141. The highest BCUT2D eigenvalue weighted by Crippen LogP contribution is 2.13. The van der Waals surface area contributed by atoms with Gasteiger partial charge < -0.3 is 15.0 Å². The number of carbonyl (C=O) groups is 2. The third-order valence-electron chi connectivity index (χ3n) is 4.48. The molecule has 2 rings (SSSR count). The van der Waals surface area contributed by atoms with Crippen molar-refractivity contribution in [3.63, 3.8) is 0 Å². The lowest BCUT2D eigenvalue weighted by Crippen LogP contribution is -2.53. The normalized spacial score (nSPS) is 17.2. The number of hydrogen-bond acceptors (Lipinski definition) is 3. The number of hydrogen-bond donors (Lipinski definition) is 1. The van der Waals surface area contributed by atoms with E-state index in [4.69, 9.17) is 4.74 Å². The van der Waals surface area contributed by atoms with Gasteiger partial charge in [-0.25, -0.2) is 0 Å². The minimum atomic E-state index is -0.455. The van der Waals surface area contributed by atoms with Crippen LogP contribution >= 0.6 is 0 Å². The molecule has 2 atom stereocenters. The first-order valence-electron chi connectivity index (χ1n) is 9.18. The molecule has 0 bridgehead atoms. The second kappa shape index (κ2) is 9.56. The van der Waals surface area contributed by atoms with E-state index in [1.165, 1.54) is 0 Å². The smallest absolute Gasteiger partial charge is 0.245 e. The molecule has 0 saturated carbocycles. The maximum atomic E-state index is 12.8. The van der Waals surface area contributed by atoms with Gasteiger partial charge in [-0.05, 0) is 24.3 Å². The van der Waals surface area contributed by atoms with Crippen LogP contribution in [0.25, 0.3) is 0 Å². The van der Waals surface area contributed by atoms with Gasteiger partial charge in [0.15, 0.2) is 0 Å². The van der Waals surface area contributed by atoms with Crippen LogP contribution in [0.3, 0.4) is 0 Å². The highest BCUT2D eigenvalue weighted by molar-refractivity contribution is 5.88. The Morgan fingerprint density at radius 2 is 1.76 bits per heavy atom. The zero-order valence-corrected chi connectivity index (χ0v) is 15.5. The fourth-order valence-corrected chi connectivity index (χ4v) is 3.07. The van der Waals surface area contributed by atoms with Gasteiger partial charge in [0.2, 0.25) is 11.8 Å².